The van der Waals surface area contributed by atoms with Crippen LogP contribution in [0.4, 0.5) is 0 Å². The predicted molar refractivity (Wildman–Crippen MR) is 122 cm³/mol. The summed E-state index contributed by atoms with van der Waals surface area (Å²) in [6, 6.07) is 0.681. The summed E-state index contributed by atoms with van der Waals surface area (Å²) in [5.74, 6) is -1.15. The molecular formula is C21H46O7Si2. The molecule has 9 heteroatoms. The predicted octanol–water partition coefficient (Wildman–Crippen LogP) is 5.08. The van der Waals surface area contributed by atoms with Crippen LogP contribution < -0.4 is 0 Å². The molecule has 1 saturated heterocycles. The minimum atomic E-state index is -3.37. The van der Waals surface area contributed by atoms with Crippen LogP contribution in [-0.4, -0.2) is 62.0 Å². The van der Waals surface area contributed by atoms with Crippen LogP contribution >= 0.6 is 0 Å². The first-order chi connectivity index (χ1) is 14.5. The van der Waals surface area contributed by atoms with Crippen molar-refractivity contribution in [2.75, 3.05) is 39.6 Å². The zero-order valence-electron chi connectivity index (χ0n) is 20.3. The maximum Gasteiger partial charge on any atom is 0.543 e. The summed E-state index contributed by atoms with van der Waals surface area (Å²) >= 11 is 0. The van der Waals surface area contributed by atoms with Crippen LogP contribution in [0.5, 0.6) is 0 Å². The van der Waals surface area contributed by atoms with Crippen LogP contribution in [0.3, 0.4) is 0 Å². The first-order valence-electron chi connectivity index (χ1n) is 12.1. The average Bonchev–Trinajstić information content (AvgIpc) is 2.77. The van der Waals surface area contributed by atoms with Crippen molar-refractivity contribution >= 4 is 16.4 Å². The highest BCUT2D eigenvalue weighted by Crippen LogP contribution is 2.43. The normalized spacial score (nSPS) is 19.8. The van der Waals surface area contributed by atoms with Gasteiger partial charge < -0.3 is 31.6 Å². The Morgan fingerprint density at radius 3 is 1.40 bits per heavy atom. The third kappa shape index (κ3) is 7.63. The Labute approximate surface area is 186 Å². The number of hydrogen-bond donors (Lipinski definition) is 0. The zero-order chi connectivity index (χ0) is 22.3. The molecule has 1 aliphatic heterocycles. The summed E-state index contributed by atoms with van der Waals surface area (Å²) in [5, 5.41) is 0. The van der Waals surface area contributed by atoms with Crippen LogP contribution in [0.1, 0.15) is 86.5 Å². The highest BCUT2D eigenvalue weighted by Gasteiger charge is 2.74. The van der Waals surface area contributed by atoms with Gasteiger partial charge in [0, 0.05) is 38.9 Å². The van der Waals surface area contributed by atoms with Crippen molar-refractivity contribution in [2.24, 2.45) is 0 Å². The van der Waals surface area contributed by atoms with E-state index in [0.29, 0.717) is 52.1 Å². The van der Waals surface area contributed by atoms with Crippen LogP contribution in [0.25, 0.3) is 0 Å². The van der Waals surface area contributed by atoms with Gasteiger partial charge in [-0.3, -0.25) is 0 Å². The van der Waals surface area contributed by atoms with Gasteiger partial charge in [0.05, 0.1) is 13.2 Å². The van der Waals surface area contributed by atoms with Crippen LogP contribution in [-0.2, 0) is 31.6 Å². The van der Waals surface area contributed by atoms with Crippen molar-refractivity contribution in [1.82, 2.24) is 0 Å². The van der Waals surface area contributed by atoms with E-state index in [1.807, 2.05) is 0 Å². The highest BCUT2D eigenvalue weighted by molar-refractivity contribution is 7.29. The molecule has 0 amide bonds. The Balaban J connectivity index is 3.39. The third-order valence-electron chi connectivity index (χ3n) is 4.64. The first kappa shape index (κ1) is 28.2. The van der Waals surface area contributed by atoms with Gasteiger partial charge >= 0.3 is 16.4 Å². The van der Waals surface area contributed by atoms with Crippen molar-refractivity contribution in [3.05, 3.63) is 0 Å². The van der Waals surface area contributed by atoms with Gasteiger partial charge in [-0.15, -0.1) is 0 Å². The van der Waals surface area contributed by atoms with Crippen LogP contribution in [0.15, 0.2) is 0 Å². The molecule has 30 heavy (non-hydrogen) atoms. The van der Waals surface area contributed by atoms with Gasteiger partial charge in [0.1, 0.15) is 0 Å². The molecule has 7 nitrogen and oxygen atoms in total. The summed E-state index contributed by atoms with van der Waals surface area (Å²) < 4.78 is 45.1. The molecule has 0 spiro atoms. The van der Waals surface area contributed by atoms with E-state index < -0.39 is 22.4 Å². The van der Waals surface area contributed by atoms with E-state index in [1.165, 1.54) is 0 Å². The molecule has 0 aliphatic carbocycles. The fourth-order valence-electron chi connectivity index (χ4n) is 3.25. The Morgan fingerprint density at radius 2 is 1.00 bits per heavy atom. The second-order valence-corrected chi connectivity index (χ2v) is 16.3. The molecule has 180 valence electrons. The van der Waals surface area contributed by atoms with Crippen LogP contribution in [0, 0.1) is 0 Å². The maximum atomic E-state index is 6.74. The molecule has 1 aliphatic rings. The van der Waals surface area contributed by atoms with Crippen molar-refractivity contribution in [2.45, 2.75) is 98.5 Å². The molecule has 1 fully saturated rings. The van der Waals surface area contributed by atoms with E-state index in [4.69, 9.17) is 31.6 Å². The maximum absolute atomic E-state index is 6.74. The highest BCUT2D eigenvalue weighted by atomic mass is 29.3. The van der Waals surface area contributed by atoms with Crippen molar-refractivity contribution in [3.63, 3.8) is 0 Å². The summed E-state index contributed by atoms with van der Waals surface area (Å²) in [4.78, 5) is 0. The van der Waals surface area contributed by atoms with E-state index in [2.05, 4.69) is 41.5 Å². The zero-order valence-corrected chi connectivity index (χ0v) is 22.3. The smallest absolute Gasteiger partial charge is 0.392 e. The van der Waals surface area contributed by atoms with E-state index >= 15 is 0 Å². The lowest BCUT2D eigenvalue weighted by molar-refractivity contribution is -0.362. The lowest BCUT2D eigenvalue weighted by Crippen LogP contribution is -2.78. The van der Waals surface area contributed by atoms with E-state index in [1.54, 1.807) is 0 Å². The lowest BCUT2D eigenvalue weighted by atomic mass is 10.4. The van der Waals surface area contributed by atoms with Crippen molar-refractivity contribution < 1.29 is 31.6 Å². The molecule has 0 aromatic rings. The summed E-state index contributed by atoms with van der Waals surface area (Å²) in [5.41, 5.74) is 0. The quantitative estimate of drug-likeness (QED) is 0.206. The van der Waals surface area contributed by atoms with E-state index in [9.17, 15) is 0 Å². The number of rotatable bonds is 18. The van der Waals surface area contributed by atoms with Gasteiger partial charge in [-0.1, -0.05) is 41.5 Å². The van der Waals surface area contributed by atoms with Gasteiger partial charge in [0.15, 0.2) is 0 Å². The summed E-state index contributed by atoms with van der Waals surface area (Å²) in [7, 11) is -6.30. The number of ether oxygens (including phenoxy) is 2. The molecule has 0 aromatic heterocycles. The van der Waals surface area contributed by atoms with Gasteiger partial charge in [-0.05, 0) is 38.5 Å². The molecular weight excluding hydrogens is 420 g/mol. The van der Waals surface area contributed by atoms with E-state index in [0.717, 1.165) is 38.5 Å². The van der Waals surface area contributed by atoms with Crippen molar-refractivity contribution in [1.29, 1.82) is 0 Å². The standard InChI is InChI=1S/C21H46O7Si2/c1-7-14-22-21(23-15-8-2)13-20-29(24-16-9-3,25-17-10-4)30(28-21,26-18-11-5)27-19-12-6/h7-20H2,1-6H3. The van der Waals surface area contributed by atoms with Gasteiger partial charge in [-0.25, -0.2) is 0 Å². The lowest BCUT2D eigenvalue weighted by Gasteiger charge is -2.51. The van der Waals surface area contributed by atoms with E-state index in [-0.39, 0.29) is 0 Å². The van der Waals surface area contributed by atoms with Crippen LogP contribution in [0.2, 0.25) is 6.04 Å². The summed E-state index contributed by atoms with van der Waals surface area (Å²) in [6.07, 6.45) is 5.84. The minimum Gasteiger partial charge on any atom is -0.392 e. The average molecular weight is 467 g/mol. The Hall–Kier alpha value is 0.154. The van der Waals surface area contributed by atoms with Gasteiger partial charge in [0.25, 0.3) is 5.97 Å². The summed E-state index contributed by atoms with van der Waals surface area (Å²) in [6.45, 7) is 15.9. The number of hydrogen-bond acceptors (Lipinski definition) is 7. The third-order valence-corrected chi connectivity index (χ3v) is 15.2. The monoisotopic (exact) mass is 466 g/mol. The molecule has 0 radical (unpaired) electrons. The SMILES string of the molecule is CCCOC1(OCCC)CC[Si](OCCC)(OCCC)[Si](OCCC)(OCCC)O1. The Morgan fingerprint density at radius 1 is 0.600 bits per heavy atom. The topological polar surface area (TPSA) is 64.6 Å². The fraction of sp³-hybridized carbons (Fsp3) is 1.00. The molecule has 1 rings (SSSR count). The largest absolute Gasteiger partial charge is 0.543 e. The van der Waals surface area contributed by atoms with Crippen molar-refractivity contribution in [3.8, 4) is 0 Å². The molecule has 0 N–H and O–H groups in total. The molecule has 1 heterocycles. The molecule has 0 saturated carbocycles. The first-order valence-corrected chi connectivity index (χ1v) is 16.8. The molecule has 0 bridgehead atoms. The Kier molecular flexibility index (Phi) is 14.2. The molecule has 0 unspecified atom stereocenters. The van der Waals surface area contributed by atoms with Gasteiger partial charge in [-0.2, -0.15) is 0 Å². The second kappa shape index (κ2) is 15.1. The molecule has 0 aromatic carbocycles. The Bertz CT molecular complexity index is 416. The second-order valence-electron chi connectivity index (χ2n) is 7.68. The minimum absolute atomic E-state index is 0.535. The fourth-order valence-corrected chi connectivity index (χ4v) is 14.2. The van der Waals surface area contributed by atoms with Gasteiger partial charge in [0.2, 0.25) is 0 Å². The molecule has 0 atom stereocenters.